The smallest absolute Gasteiger partial charge is 0.263 e. The van der Waals surface area contributed by atoms with Gasteiger partial charge in [0.05, 0.1) is 9.92 Å². The molecule has 0 aliphatic heterocycles. The van der Waals surface area contributed by atoms with E-state index in [4.69, 9.17) is 17.3 Å². The number of nitrogens with zero attached hydrogens (tertiary/aromatic N) is 1. The van der Waals surface area contributed by atoms with Crippen LogP contribution in [0.3, 0.4) is 0 Å². The molecule has 0 unspecified atom stereocenters. The average molecular weight is 316 g/mol. The van der Waals surface area contributed by atoms with Crippen molar-refractivity contribution in [3.05, 3.63) is 46.9 Å². The van der Waals surface area contributed by atoms with Crippen LogP contribution < -0.4 is 10.5 Å². The van der Waals surface area contributed by atoms with E-state index in [2.05, 4.69) is 9.71 Å². The second-order valence-corrected chi connectivity index (χ2v) is 6.12. The molecule has 1 aromatic carbocycles. The van der Waals surface area contributed by atoms with Crippen molar-refractivity contribution in [2.75, 3.05) is 10.5 Å². The summed E-state index contributed by atoms with van der Waals surface area (Å²) in [6, 6.07) is 5.28. The van der Waals surface area contributed by atoms with Crippen LogP contribution in [0.15, 0.2) is 35.4 Å². The lowest BCUT2D eigenvalue weighted by Crippen LogP contribution is -2.16. The maximum Gasteiger partial charge on any atom is 0.263 e. The van der Waals surface area contributed by atoms with E-state index in [1.54, 1.807) is 6.07 Å². The minimum absolute atomic E-state index is 0.0144. The van der Waals surface area contributed by atoms with Gasteiger partial charge in [0.2, 0.25) is 0 Å². The van der Waals surface area contributed by atoms with Crippen LogP contribution in [0, 0.1) is 12.7 Å². The third kappa shape index (κ3) is 2.83. The molecule has 1 aromatic heterocycles. The van der Waals surface area contributed by atoms with Crippen LogP contribution >= 0.6 is 11.6 Å². The van der Waals surface area contributed by atoms with Crippen LogP contribution in [0.5, 0.6) is 0 Å². The Bertz CT molecular complexity index is 765. The number of anilines is 2. The number of nitrogens with two attached hydrogens (primary N) is 1. The molecule has 8 heteroatoms. The van der Waals surface area contributed by atoms with Gasteiger partial charge in [0.25, 0.3) is 10.0 Å². The lowest BCUT2D eigenvalue weighted by atomic mass is 10.2. The largest absolute Gasteiger partial charge is 0.399 e. The molecular weight excluding hydrogens is 305 g/mol. The molecule has 106 valence electrons. The standard InChI is InChI=1S/C12H11ClFN3O2S/c1-7-10(14)5-8(15)6-11(7)20(18,19)17-12-9(13)3-2-4-16-12/h2-6H,15H2,1H3,(H,16,17). The zero-order valence-electron chi connectivity index (χ0n) is 10.4. The zero-order valence-corrected chi connectivity index (χ0v) is 12.0. The number of nitrogens with one attached hydrogen (secondary N) is 1. The highest BCUT2D eigenvalue weighted by Crippen LogP contribution is 2.26. The molecule has 0 aliphatic carbocycles. The second kappa shape index (κ2) is 5.26. The van der Waals surface area contributed by atoms with Gasteiger partial charge in [0, 0.05) is 17.4 Å². The first kappa shape index (κ1) is 14.5. The Morgan fingerprint density at radius 2 is 2.10 bits per heavy atom. The van der Waals surface area contributed by atoms with Gasteiger partial charge < -0.3 is 5.73 Å². The van der Waals surface area contributed by atoms with Crippen molar-refractivity contribution in [1.29, 1.82) is 0 Å². The number of hydrogen-bond donors (Lipinski definition) is 2. The number of hydrogen-bond acceptors (Lipinski definition) is 4. The molecule has 0 aliphatic rings. The molecule has 0 atom stereocenters. The third-order valence-electron chi connectivity index (χ3n) is 2.60. The van der Waals surface area contributed by atoms with Crippen LogP contribution in [0.4, 0.5) is 15.9 Å². The highest BCUT2D eigenvalue weighted by molar-refractivity contribution is 7.92. The van der Waals surface area contributed by atoms with Crippen molar-refractivity contribution < 1.29 is 12.8 Å². The summed E-state index contributed by atoms with van der Waals surface area (Å²) < 4.78 is 40.3. The minimum Gasteiger partial charge on any atom is -0.399 e. The molecule has 0 fully saturated rings. The van der Waals surface area contributed by atoms with Crippen molar-refractivity contribution >= 4 is 33.1 Å². The average Bonchev–Trinajstić information content (AvgIpc) is 2.36. The molecule has 2 aromatic rings. The molecule has 0 saturated heterocycles. The lowest BCUT2D eigenvalue weighted by molar-refractivity contribution is 0.591. The molecule has 5 nitrogen and oxygen atoms in total. The van der Waals surface area contributed by atoms with Gasteiger partial charge in [-0.1, -0.05) is 11.6 Å². The van der Waals surface area contributed by atoms with Gasteiger partial charge in [-0.3, -0.25) is 4.72 Å². The molecular formula is C12H11ClFN3O2S. The van der Waals surface area contributed by atoms with Crippen molar-refractivity contribution in [2.24, 2.45) is 0 Å². The van der Waals surface area contributed by atoms with Crippen molar-refractivity contribution in [1.82, 2.24) is 4.98 Å². The van der Waals surface area contributed by atoms with E-state index in [1.807, 2.05) is 0 Å². The number of rotatable bonds is 3. The first-order chi connectivity index (χ1) is 9.31. The summed E-state index contributed by atoms with van der Waals surface area (Å²) in [7, 11) is -4.03. The van der Waals surface area contributed by atoms with Gasteiger partial charge in [-0.25, -0.2) is 17.8 Å². The third-order valence-corrected chi connectivity index (χ3v) is 4.37. The Hall–Kier alpha value is -1.86. The Labute approximate surface area is 120 Å². The van der Waals surface area contributed by atoms with E-state index in [1.165, 1.54) is 25.3 Å². The monoisotopic (exact) mass is 315 g/mol. The maximum atomic E-state index is 13.6. The zero-order chi connectivity index (χ0) is 14.9. The van der Waals surface area contributed by atoms with E-state index in [0.717, 1.165) is 6.07 Å². The number of sulfonamides is 1. The predicted octanol–water partition coefficient (Wildman–Crippen LogP) is 2.57. The summed E-state index contributed by atoms with van der Waals surface area (Å²) in [6.07, 6.45) is 1.39. The fraction of sp³-hybridized carbons (Fsp3) is 0.0833. The fourth-order valence-corrected chi connectivity index (χ4v) is 3.14. The molecule has 0 bridgehead atoms. The van der Waals surface area contributed by atoms with Gasteiger partial charge in [-0.15, -0.1) is 0 Å². The predicted molar refractivity (Wildman–Crippen MR) is 75.6 cm³/mol. The summed E-state index contributed by atoms with van der Waals surface area (Å²) in [4.78, 5) is 3.56. The summed E-state index contributed by atoms with van der Waals surface area (Å²) in [6.45, 7) is 1.35. The number of aromatic nitrogens is 1. The van der Waals surface area contributed by atoms with Gasteiger partial charge >= 0.3 is 0 Å². The van der Waals surface area contributed by atoms with E-state index in [0.29, 0.717) is 0 Å². The van der Waals surface area contributed by atoms with E-state index < -0.39 is 15.8 Å². The normalized spacial score (nSPS) is 11.3. The van der Waals surface area contributed by atoms with Crippen molar-refractivity contribution in [3.63, 3.8) is 0 Å². The van der Waals surface area contributed by atoms with Crippen LogP contribution in [0.25, 0.3) is 0 Å². The van der Waals surface area contributed by atoms with Crippen LogP contribution in [-0.2, 0) is 10.0 Å². The Kier molecular flexibility index (Phi) is 3.82. The summed E-state index contributed by atoms with van der Waals surface area (Å²) in [5.74, 6) is -0.728. The Balaban J connectivity index is 2.49. The number of halogens is 2. The molecule has 0 saturated carbocycles. The first-order valence-corrected chi connectivity index (χ1v) is 7.36. The molecule has 1 heterocycles. The van der Waals surface area contributed by atoms with Crippen molar-refractivity contribution in [2.45, 2.75) is 11.8 Å². The first-order valence-electron chi connectivity index (χ1n) is 5.50. The van der Waals surface area contributed by atoms with Crippen molar-refractivity contribution in [3.8, 4) is 0 Å². The maximum absolute atomic E-state index is 13.6. The summed E-state index contributed by atoms with van der Waals surface area (Å²) in [5, 5.41) is 0.137. The fourth-order valence-electron chi connectivity index (χ4n) is 1.60. The number of nitrogen functional groups attached to an aromatic ring is 1. The van der Waals surface area contributed by atoms with Crippen LogP contribution in [0.1, 0.15) is 5.56 Å². The quantitative estimate of drug-likeness (QED) is 0.852. The van der Waals surface area contributed by atoms with E-state index >= 15 is 0 Å². The van der Waals surface area contributed by atoms with E-state index in [9.17, 15) is 12.8 Å². The highest BCUT2D eigenvalue weighted by Gasteiger charge is 2.21. The Morgan fingerprint density at radius 1 is 1.40 bits per heavy atom. The van der Waals surface area contributed by atoms with Gasteiger partial charge in [-0.2, -0.15) is 0 Å². The van der Waals surface area contributed by atoms with Crippen LogP contribution in [-0.4, -0.2) is 13.4 Å². The topological polar surface area (TPSA) is 85.1 Å². The second-order valence-electron chi connectivity index (χ2n) is 4.07. The summed E-state index contributed by atoms with van der Waals surface area (Å²) >= 11 is 5.83. The molecule has 0 amide bonds. The highest BCUT2D eigenvalue weighted by atomic mass is 35.5. The van der Waals surface area contributed by atoms with Crippen LogP contribution in [0.2, 0.25) is 5.02 Å². The van der Waals surface area contributed by atoms with Gasteiger partial charge in [-0.05, 0) is 31.2 Å². The molecule has 2 rings (SSSR count). The summed E-state index contributed by atoms with van der Waals surface area (Å²) in [5.41, 5.74) is 5.46. The van der Waals surface area contributed by atoms with Gasteiger partial charge in [0.15, 0.2) is 5.82 Å². The molecule has 3 N–H and O–H groups in total. The number of benzene rings is 1. The molecule has 20 heavy (non-hydrogen) atoms. The van der Waals surface area contributed by atoms with Gasteiger partial charge in [0.1, 0.15) is 5.82 Å². The lowest BCUT2D eigenvalue weighted by Gasteiger charge is -2.11. The molecule has 0 spiro atoms. The number of pyridine rings is 1. The molecule has 0 radical (unpaired) electrons. The minimum atomic E-state index is -4.03. The Morgan fingerprint density at radius 3 is 2.75 bits per heavy atom. The van der Waals surface area contributed by atoms with E-state index in [-0.39, 0.29) is 27.0 Å². The SMILES string of the molecule is Cc1c(F)cc(N)cc1S(=O)(=O)Nc1ncccc1Cl.